The van der Waals surface area contributed by atoms with E-state index in [1.807, 2.05) is 39.1 Å². The summed E-state index contributed by atoms with van der Waals surface area (Å²) >= 11 is 1.52. The summed E-state index contributed by atoms with van der Waals surface area (Å²) < 4.78 is 20.7. The summed E-state index contributed by atoms with van der Waals surface area (Å²) in [7, 11) is 3.86. The van der Waals surface area contributed by atoms with Crippen LogP contribution in [0.4, 0.5) is 0 Å². The molecule has 3 saturated heterocycles. The molecule has 1 aromatic carbocycles. The number of carbonyl (C=O) groups is 3. The van der Waals surface area contributed by atoms with Crippen LogP contribution in [0.5, 0.6) is 0 Å². The van der Waals surface area contributed by atoms with Gasteiger partial charge in [0.25, 0.3) is 5.91 Å². The predicted octanol–water partition coefficient (Wildman–Crippen LogP) is 6.34. The highest BCUT2D eigenvalue weighted by Gasteiger charge is 2.58. The lowest BCUT2D eigenvalue weighted by Gasteiger charge is -2.63. The number of hydrogen-bond acceptors (Lipinski definition) is 14. The number of cyclic esters (lactones) is 1. The van der Waals surface area contributed by atoms with Crippen LogP contribution in [0.2, 0.25) is 0 Å². The molecule has 17 heteroatoms. The second kappa shape index (κ2) is 18.9. The number of likely N-dealkylation sites (N-methyl/N-ethyl adjacent to an activating group) is 1. The van der Waals surface area contributed by atoms with E-state index in [9.17, 15) is 9.59 Å². The zero-order valence-electron chi connectivity index (χ0n) is 41.1. The topological polar surface area (TPSA) is 169 Å². The van der Waals surface area contributed by atoms with Crippen LogP contribution in [0.1, 0.15) is 101 Å². The SMILES string of the molecule is CO[C@@H](C)c1ncccc1-c1c2c3cc(ccc3n1CCOC(C)C)-c1csc(n1)[C@@H](N1CC3(CCN3C)C1)[C@H](NC(=O)[C@@H]1[C@@H](C)[C@H]1c1ccncn1)C(=O)N1CCC[C@H](N1)C(=O)OCC(C)(C)C2. The van der Waals surface area contributed by atoms with Crippen molar-refractivity contribution in [3.63, 3.8) is 0 Å². The molecule has 366 valence electrons. The number of aromatic nitrogens is 5. The van der Waals surface area contributed by atoms with Crippen LogP contribution >= 0.6 is 11.3 Å². The molecule has 0 unspecified atom stereocenters. The predicted molar refractivity (Wildman–Crippen MR) is 263 cm³/mol. The molecular formula is C52H66N10O6S. The number of hydrogen-bond donors (Lipinski definition) is 2. The van der Waals surface area contributed by atoms with Gasteiger partial charge in [-0.15, -0.1) is 11.3 Å². The first-order chi connectivity index (χ1) is 33.2. The maximum Gasteiger partial charge on any atom is 0.324 e. The minimum Gasteiger partial charge on any atom is -0.464 e. The van der Waals surface area contributed by atoms with Gasteiger partial charge in [-0.1, -0.05) is 26.8 Å². The number of methoxy groups -OCH3 is 1. The Kier molecular flexibility index (Phi) is 13.0. The van der Waals surface area contributed by atoms with Gasteiger partial charge in [-0.25, -0.2) is 20.4 Å². The van der Waals surface area contributed by atoms with Gasteiger partial charge in [-0.05, 0) is 95.3 Å². The quantitative estimate of drug-likeness (QED) is 0.141. The molecule has 0 radical (unpaired) electrons. The molecule has 8 heterocycles. The van der Waals surface area contributed by atoms with Crippen molar-refractivity contribution in [1.29, 1.82) is 0 Å². The molecule has 10 rings (SSSR count). The van der Waals surface area contributed by atoms with Crippen LogP contribution in [0.25, 0.3) is 33.4 Å². The van der Waals surface area contributed by atoms with E-state index in [-0.39, 0.29) is 53.9 Å². The lowest BCUT2D eigenvalue weighted by molar-refractivity contribution is -0.159. The van der Waals surface area contributed by atoms with Crippen molar-refractivity contribution in [2.45, 2.75) is 116 Å². The number of fused-ring (bicyclic) bond motifs is 6. The maximum atomic E-state index is 15.3. The van der Waals surface area contributed by atoms with Gasteiger partial charge in [0.05, 0.1) is 48.5 Å². The normalized spacial score (nSPS) is 26.3. The number of hydrazine groups is 1. The van der Waals surface area contributed by atoms with Gasteiger partial charge in [0, 0.05) is 108 Å². The van der Waals surface area contributed by atoms with E-state index in [1.165, 1.54) is 17.7 Å². The lowest BCUT2D eigenvalue weighted by atomic mass is 9.76. The number of carbonyl (C=O) groups excluding carboxylic acids is 3. The fourth-order valence-electron chi connectivity index (χ4n) is 11.3. The third-order valence-corrected chi connectivity index (χ3v) is 16.4. The van der Waals surface area contributed by atoms with Gasteiger partial charge in [-0.2, -0.15) is 0 Å². The van der Waals surface area contributed by atoms with E-state index in [2.05, 4.69) is 92.5 Å². The van der Waals surface area contributed by atoms with Crippen LogP contribution in [-0.2, 0) is 41.6 Å². The fourth-order valence-corrected chi connectivity index (χ4v) is 12.3. The maximum absolute atomic E-state index is 15.3. The zero-order chi connectivity index (χ0) is 48.4. The Morgan fingerprint density at radius 2 is 1.91 bits per heavy atom. The third kappa shape index (κ3) is 8.99. The monoisotopic (exact) mass is 958 g/mol. The number of pyridine rings is 1. The number of nitrogens with zero attached hydrogens (tertiary/aromatic N) is 8. The largest absolute Gasteiger partial charge is 0.464 e. The molecule has 4 fully saturated rings. The average molecular weight is 959 g/mol. The number of likely N-dealkylation sites (tertiary alicyclic amines) is 2. The number of rotatable bonds is 11. The van der Waals surface area contributed by atoms with E-state index in [1.54, 1.807) is 18.3 Å². The van der Waals surface area contributed by atoms with Crippen molar-refractivity contribution in [3.8, 4) is 22.5 Å². The molecule has 4 aliphatic heterocycles. The molecule has 4 aromatic heterocycles. The number of amides is 2. The zero-order valence-corrected chi connectivity index (χ0v) is 41.9. The second-order valence-electron chi connectivity index (χ2n) is 21.1. The number of ether oxygens (including phenoxy) is 3. The molecule has 2 amide bonds. The van der Waals surface area contributed by atoms with E-state index in [0.29, 0.717) is 39.0 Å². The summed E-state index contributed by atoms with van der Waals surface area (Å²) in [5.74, 6) is -1.36. The van der Waals surface area contributed by atoms with Crippen molar-refractivity contribution < 1.29 is 28.6 Å². The van der Waals surface area contributed by atoms with Crippen molar-refractivity contribution in [2.24, 2.45) is 17.3 Å². The molecule has 16 nitrogen and oxygen atoms in total. The van der Waals surface area contributed by atoms with Gasteiger partial charge in [0.2, 0.25) is 5.91 Å². The molecule has 1 spiro atoms. The molecule has 5 aliphatic rings. The highest BCUT2D eigenvalue weighted by molar-refractivity contribution is 7.10. The summed E-state index contributed by atoms with van der Waals surface area (Å²) in [6, 6.07) is 10.1. The van der Waals surface area contributed by atoms with E-state index in [4.69, 9.17) is 24.2 Å². The van der Waals surface area contributed by atoms with Crippen LogP contribution < -0.4 is 10.7 Å². The third-order valence-electron chi connectivity index (χ3n) is 15.5. The van der Waals surface area contributed by atoms with Gasteiger partial charge >= 0.3 is 5.97 Å². The first-order valence-corrected chi connectivity index (χ1v) is 25.5. The van der Waals surface area contributed by atoms with Crippen LogP contribution in [0.3, 0.4) is 0 Å². The van der Waals surface area contributed by atoms with E-state index >= 15 is 4.79 Å². The summed E-state index contributed by atoms with van der Waals surface area (Å²) in [6.07, 6.45) is 7.51. The average Bonchev–Trinajstić information content (AvgIpc) is 3.62. The Labute approximate surface area is 408 Å². The smallest absolute Gasteiger partial charge is 0.324 e. The molecule has 1 saturated carbocycles. The fraction of sp³-hybridized carbons (Fsp3) is 0.558. The van der Waals surface area contributed by atoms with Crippen molar-refractivity contribution in [1.82, 2.24) is 50.1 Å². The minimum atomic E-state index is -1.01. The molecule has 6 bridgehead atoms. The van der Waals surface area contributed by atoms with Crippen molar-refractivity contribution >= 4 is 40.0 Å². The van der Waals surface area contributed by atoms with Gasteiger partial charge in [0.1, 0.15) is 23.4 Å². The van der Waals surface area contributed by atoms with Gasteiger partial charge in [0.15, 0.2) is 0 Å². The summed E-state index contributed by atoms with van der Waals surface area (Å²) in [4.78, 5) is 67.8. The Balaban J connectivity index is 1.12. The molecule has 69 heavy (non-hydrogen) atoms. The van der Waals surface area contributed by atoms with Gasteiger partial charge in [-0.3, -0.25) is 34.2 Å². The molecule has 2 N–H and O–H groups in total. The number of thiazole rings is 1. The highest BCUT2D eigenvalue weighted by atomic mass is 32.1. The number of esters is 1. The van der Waals surface area contributed by atoms with E-state index in [0.717, 1.165) is 81.4 Å². The van der Waals surface area contributed by atoms with Crippen LogP contribution in [-0.4, -0.2) is 134 Å². The Bertz CT molecular complexity index is 2720. The van der Waals surface area contributed by atoms with Crippen molar-refractivity contribution in [3.05, 3.63) is 82.5 Å². The molecular weight excluding hydrogens is 893 g/mol. The Morgan fingerprint density at radius 1 is 1.09 bits per heavy atom. The number of benzene rings is 1. The standard InChI is InChI=1S/C52H66N10O6S/c1-30(2)67-22-21-61-40-14-13-33-23-35(40)36(45(61)34-11-9-17-54-43(34)32(4)66-8)24-51(5,6)28-68-50(65)38-12-10-19-62(58-38)49(64)44(57-47(63)42-31(3)41(42)37-15-18-53-29-55-37)46(48-56-39(33)25-69-48)60-26-52(27-60)16-20-59(52)7/h9,11,13-15,17-18,23,25,29-32,38,41-42,44,46,58H,10,12,16,19-22,24,26-28H2,1-8H3,(H,57,63)/t31-,32-,38-,41-,42+,44-,46-/m0/s1. The lowest BCUT2D eigenvalue weighted by Crippen LogP contribution is -2.77. The Hall–Kier alpha value is -5.17. The first-order valence-electron chi connectivity index (χ1n) is 24.6. The summed E-state index contributed by atoms with van der Waals surface area (Å²) in [5, 5.41) is 8.74. The number of nitrogens with one attached hydrogen (secondary N) is 2. The second-order valence-corrected chi connectivity index (χ2v) is 21.9. The molecule has 1 aliphatic carbocycles. The Morgan fingerprint density at radius 3 is 2.64 bits per heavy atom. The van der Waals surface area contributed by atoms with Crippen molar-refractivity contribution in [2.75, 3.05) is 53.6 Å². The summed E-state index contributed by atoms with van der Waals surface area (Å²) in [5.41, 5.74) is 10.3. The summed E-state index contributed by atoms with van der Waals surface area (Å²) in [6.45, 7) is 16.5. The highest BCUT2D eigenvalue weighted by Crippen LogP contribution is 2.53. The first kappa shape index (κ1) is 47.5. The van der Waals surface area contributed by atoms with Crippen LogP contribution in [0.15, 0.2) is 60.5 Å². The van der Waals surface area contributed by atoms with Gasteiger partial charge < -0.3 is 24.1 Å². The minimum absolute atomic E-state index is 0.0144. The molecule has 5 aromatic rings. The van der Waals surface area contributed by atoms with E-state index < -0.39 is 29.5 Å². The van der Waals surface area contributed by atoms with Crippen LogP contribution in [0, 0.1) is 17.3 Å². The molecule has 7 atom stereocenters.